The van der Waals surface area contributed by atoms with Crippen LogP contribution >= 0.6 is 0 Å². The van der Waals surface area contributed by atoms with Gasteiger partial charge in [-0.15, -0.1) is 0 Å². The first-order valence-corrected chi connectivity index (χ1v) is 5.96. The van der Waals surface area contributed by atoms with Gasteiger partial charge in [0.1, 0.15) is 0 Å². The second-order valence-corrected chi connectivity index (χ2v) is 5.27. The Labute approximate surface area is 92.9 Å². The van der Waals surface area contributed by atoms with Gasteiger partial charge in [0, 0.05) is 12.1 Å². The first kappa shape index (κ1) is 10.7. The van der Waals surface area contributed by atoms with E-state index in [1.165, 1.54) is 29.5 Å². The van der Waals surface area contributed by atoms with Crippen LogP contribution in [0.5, 0.6) is 0 Å². The highest BCUT2D eigenvalue weighted by atomic mass is 15.0. The monoisotopic (exact) mass is 203 g/mol. The molecule has 1 aromatic rings. The highest BCUT2D eigenvalue weighted by molar-refractivity contribution is 5.35. The van der Waals surface area contributed by atoms with E-state index in [2.05, 4.69) is 44.3 Å². The SMILES string of the molecule is CCCc1ccc2c(c1)CNC(C)(C)C2. The number of hydrogen-bond donors (Lipinski definition) is 1. The van der Waals surface area contributed by atoms with Gasteiger partial charge < -0.3 is 5.32 Å². The third-order valence-electron chi connectivity index (χ3n) is 3.20. The Kier molecular flexibility index (Phi) is 2.83. The molecule has 0 atom stereocenters. The summed E-state index contributed by atoms with van der Waals surface area (Å²) in [5.41, 5.74) is 4.77. The van der Waals surface area contributed by atoms with Crippen LogP contribution in [0.3, 0.4) is 0 Å². The molecule has 0 amide bonds. The van der Waals surface area contributed by atoms with Gasteiger partial charge in [0.05, 0.1) is 0 Å². The maximum absolute atomic E-state index is 3.58. The van der Waals surface area contributed by atoms with Crippen LogP contribution in [0, 0.1) is 0 Å². The standard InChI is InChI=1S/C14H21N/c1-4-5-11-6-7-12-9-14(2,3)15-10-13(12)8-11/h6-8,15H,4-5,9-10H2,1-3H3. The van der Waals surface area contributed by atoms with Crippen LogP contribution in [-0.2, 0) is 19.4 Å². The van der Waals surface area contributed by atoms with Gasteiger partial charge in [0.2, 0.25) is 0 Å². The zero-order valence-corrected chi connectivity index (χ0v) is 10.1. The summed E-state index contributed by atoms with van der Waals surface area (Å²) in [5.74, 6) is 0. The lowest BCUT2D eigenvalue weighted by Gasteiger charge is -2.33. The van der Waals surface area contributed by atoms with Gasteiger partial charge >= 0.3 is 0 Å². The number of fused-ring (bicyclic) bond motifs is 1. The molecule has 1 heteroatoms. The van der Waals surface area contributed by atoms with Crippen molar-refractivity contribution in [1.29, 1.82) is 0 Å². The molecule has 0 radical (unpaired) electrons. The Morgan fingerprint density at radius 2 is 2.07 bits per heavy atom. The first-order valence-electron chi connectivity index (χ1n) is 5.96. The van der Waals surface area contributed by atoms with Crippen LogP contribution < -0.4 is 5.32 Å². The van der Waals surface area contributed by atoms with E-state index >= 15 is 0 Å². The molecule has 1 aliphatic heterocycles. The molecule has 15 heavy (non-hydrogen) atoms. The molecule has 0 fully saturated rings. The predicted molar refractivity (Wildman–Crippen MR) is 65.1 cm³/mol. The van der Waals surface area contributed by atoms with Crippen LogP contribution in [0.4, 0.5) is 0 Å². The summed E-state index contributed by atoms with van der Waals surface area (Å²) in [5, 5.41) is 3.58. The van der Waals surface area contributed by atoms with Crippen LogP contribution in [0.25, 0.3) is 0 Å². The van der Waals surface area contributed by atoms with Crippen molar-refractivity contribution in [2.24, 2.45) is 0 Å². The molecule has 0 aromatic heterocycles. The Hall–Kier alpha value is -0.820. The average Bonchev–Trinajstić information content (AvgIpc) is 2.18. The molecule has 1 aliphatic rings. The van der Waals surface area contributed by atoms with Gasteiger partial charge in [-0.3, -0.25) is 0 Å². The Bertz CT molecular complexity index is 352. The highest BCUT2D eigenvalue weighted by Gasteiger charge is 2.23. The summed E-state index contributed by atoms with van der Waals surface area (Å²) in [4.78, 5) is 0. The molecule has 82 valence electrons. The normalized spacial score (nSPS) is 18.6. The summed E-state index contributed by atoms with van der Waals surface area (Å²) < 4.78 is 0. The van der Waals surface area contributed by atoms with Gasteiger partial charge in [-0.2, -0.15) is 0 Å². The van der Waals surface area contributed by atoms with E-state index in [-0.39, 0.29) is 5.54 Å². The smallest absolute Gasteiger partial charge is 0.0213 e. The molecular weight excluding hydrogens is 182 g/mol. The van der Waals surface area contributed by atoms with E-state index in [0.717, 1.165) is 13.0 Å². The van der Waals surface area contributed by atoms with Crippen molar-refractivity contribution in [2.45, 2.75) is 52.1 Å². The summed E-state index contributed by atoms with van der Waals surface area (Å²) >= 11 is 0. The highest BCUT2D eigenvalue weighted by Crippen LogP contribution is 2.24. The topological polar surface area (TPSA) is 12.0 Å². The van der Waals surface area contributed by atoms with E-state index in [0.29, 0.717) is 0 Å². The summed E-state index contributed by atoms with van der Waals surface area (Å²) in [6.45, 7) is 7.81. The Morgan fingerprint density at radius 3 is 2.80 bits per heavy atom. The lowest BCUT2D eigenvalue weighted by atomic mass is 9.86. The molecule has 1 aromatic carbocycles. The molecule has 0 unspecified atom stereocenters. The molecular formula is C14H21N. The van der Waals surface area contributed by atoms with E-state index in [9.17, 15) is 0 Å². The lowest BCUT2D eigenvalue weighted by Crippen LogP contribution is -2.44. The Morgan fingerprint density at radius 1 is 1.27 bits per heavy atom. The van der Waals surface area contributed by atoms with Crippen molar-refractivity contribution in [1.82, 2.24) is 5.32 Å². The zero-order valence-electron chi connectivity index (χ0n) is 10.1. The summed E-state index contributed by atoms with van der Waals surface area (Å²) in [6, 6.07) is 6.99. The zero-order chi connectivity index (χ0) is 10.9. The second kappa shape index (κ2) is 3.97. The quantitative estimate of drug-likeness (QED) is 0.779. The van der Waals surface area contributed by atoms with E-state index in [1.807, 2.05) is 0 Å². The number of hydrogen-bond acceptors (Lipinski definition) is 1. The van der Waals surface area contributed by atoms with E-state index in [1.54, 1.807) is 0 Å². The fourth-order valence-electron chi connectivity index (χ4n) is 2.33. The van der Waals surface area contributed by atoms with Crippen molar-refractivity contribution in [2.75, 3.05) is 0 Å². The van der Waals surface area contributed by atoms with E-state index in [4.69, 9.17) is 0 Å². The van der Waals surface area contributed by atoms with Crippen molar-refractivity contribution in [3.63, 3.8) is 0 Å². The first-order chi connectivity index (χ1) is 7.11. The lowest BCUT2D eigenvalue weighted by molar-refractivity contribution is 0.362. The van der Waals surface area contributed by atoms with Crippen LogP contribution in [0.15, 0.2) is 18.2 Å². The van der Waals surface area contributed by atoms with Crippen molar-refractivity contribution in [3.05, 3.63) is 34.9 Å². The maximum atomic E-state index is 3.58. The minimum absolute atomic E-state index is 0.263. The molecule has 0 saturated carbocycles. The Balaban J connectivity index is 2.24. The van der Waals surface area contributed by atoms with Crippen LogP contribution in [-0.4, -0.2) is 5.54 Å². The molecule has 0 spiro atoms. The van der Waals surface area contributed by atoms with Crippen LogP contribution in [0.1, 0.15) is 43.9 Å². The molecule has 0 aliphatic carbocycles. The summed E-state index contributed by atoms with van der Waals surface area (Å²) in [7, 11) is 0. The van der Waals surface area contributed by atoms with Crippen molar-refractivity contribution in [3.8, 4) is 0 Å². The molecule has 1 nitrogen and oxygen atoms in total. The number of aryl methyl sites for hydroxylation is 1. The minimum Gasteiger partial charge on any atom is -0.307 e. The van der Waals surface area contributed by atoms with E-state index < -0.39 is 0 Å². The van der Waals surface area contributed by atoms with Crippen LogP contribution in [0.2, 0.25) is 0 Å². The number of rotatable bonds is 2. The number of benzene rings is 1. The third kappa shape index (κ3) is 2.40. The van der Waals surface area contributed by atoms with Crippen molar-refractivity contribution >= 4 is 0 Å². The van der Waals surface area contributed by atoms with Gasteiger partial charge in [0.25, 0.3) is 0 Å². The molecule has 2 rings (SSSR count). The maximum Gasteiger partial charge on any atom is 0.0213 e. The van der Waals surface area contributed by atoms with Gasteiger partial charge in [-0.05, 0) is 43.4 Å². The predicted octanol–water partition coefficient (Wildman–Crippen LogP) is 3.06. The largest absolute Gasteiger partial charge is 0.307 e. The second-order valence-electron chi connectivity index (χ2n) is 5.27. The average molecular weight is 203 g/mol. The van der Waals surface area contributed by atoms with Gasteiger partial charge in [-0.1, -0.05) is 31.5 Å². The molecule has 0 saturated heterocycles. The molecule has 0 bridgehead atoms. The molecule has 1 N–H and O–H groups in total. The fourth-order valence-corrected chi connectivity index (χ4v) is 2.33. The molecule has 1 heterocycles. The summed E-state index contributed by atoms with van der Waals surface area (Å²) in [6.07, 6.45) is 3.59. The third-order valence-corrected chi connectivity index (χ3v) is 3.20. The van der Waals surface area contributed by atoms with Crippen molar-refractivity contribution < 1.29 is 0 Å². The minimum atomic E-state index is 0.263. The number of nitrogens with one attached hydrogen (secondary N) is 1. The van der Waals surface area contributed by atoms with Gasteiger partial charge in [0.15, 0.2) is 0 Å². The van der Waals surface area contributed by atoms with Gasteiger partial charge in [-0.25, -0.2) is 0 Å². The fraction of sp³-hybridized carbons (Fsp3) is 0.571.